The summed E-state index contributed by atoms with van der Waals surface area (Å²) in [6, 6.07) is 13.5. The number of nitrogens with zero attached hydrogens (tertiary/aromatic N) is 6. The molecule has 0 amide bonds. The number of thioether (sulfide) groups is 1. The summed E-state index contributed by atoms with van der Waals surface area (Å²) in [4.78, 5) is 13.0. The van der Waals surface area contributed by atoms with E-state index in [4.69, 9.17) is 4.74 Å². The summed E-state index contributed by atoms with van der Waals surface area (Å²) in [5, 5.41) is 9.29. The van der Waals surface area contributed by atoms with Crippen LogP contribution in [0.15, 0.2) is 60.0 Å². The van der Waals surface area contributed by atoms with Crippen LogP contribution in [0.5, 0.6) is 5.75 Å². The van der Waals surface area contributed by atoms with Crippen molar-refractivity contribution in [1.29, 1.82) is 0 Å². The first-order valence-electron chi connectivity index (χ1n) is 7.59. The lowest BCUT2D eigenvalue weighted by Crippen LogP contribution is -1.98. The maximum Gasteiger partial charge on any atom is 0.187 e. The van der Waals surface area contributed by atoms with E-state index < -0.39 is 0 Å². The number of hydrogen-bond donors (Lipinski definition) is 0. The van der Waals surface area contributed by atoms with Gasteiger partial charge in [-0.3, -0.25) is 4.98 Å². The molecule has 0 fully saturated rings. The molecule has 0 saturated heterocycles. The van der Waals surface area contributed by atoms with E-state index in [1.54, 1.807) is 29.8 Å². The van der Waals surface area contributed by atoms with Gasteiger partial charge in [-0.1, -0.05) is 29.1 Å². The SMILES string of the molecule is COc1cccc(-n2nnc3c(SCc4ccccn4)ncnc32)c1. The number of pyridine rings is 1. The number of aromatic nitrogens is 6. The molecule has 0 aliphatic rings. The molecule has 0 spiro atoms. The van der Waals surface area contributed by atoms with Gasteiger partial charge in [0.1, 0.15) is 17.1 Å². The van der Waals surface area contributed by atoms with E-state index >= 15 is 0 Å². The second-order valence-corrected chi connectivity index (χ2v) is 6.13. The van der Waals surface area contributed by atoms with Crippen LogP contribution < -0.4 is 4.74 Å². The lowest BCUT2D eigenvalue weighted by molar-refractivity contribution is 0.414. The summed E-state index contributed by atoms with van der Waals surface area (Å²) in [6.07, 6.45) is 3.31. The van der Waals surface area contributed by atoms with Crippen molar-refractivity contribution in [2.75, 3.05) is 7.11 Å². The normalized spacial score (nSPS) is 10.9. The number of hydrogen-bond acceptors (Lipinski definition) is 7. The fraction of sp³-hybridized carbons (Fsp3) is 0.118. The van der Waals surface area contributed by atoms with E-state index in [9.17, 15) is 0 Å². The molecule has 0 atom stereocenters. The molecule has 8 heteroatoms. The summed E-state index contributed by atoms with van der Waals surface area (Å²) in [7, 11) is 1.63. The third kappa shape index (κ3) is 3.16. The molecule has 0 radical (unpaired) electrons. The van der Waals surface area contributed by atoms with Crippen LogP contribution in [0, 0.1) is 0 Å². The predicted molar refractivity (Wildman–Crippen MR) is 94.8 cm³/mol. The lowest BCUT2D eigenvalue weighted by atomic mass is 10.3. The summed E-state index contributed by atoms with van der Waals surface area (Å²) in [5.41, 5.74) is 3.15. The monoisotopic (exact) mass is 350 g/mol. The summed E-state index contributed by atoms with van der Waals surface area (Å²) in [6.45, 7) is 0. The van der Waals surface area contributed by atoms with Crippen LogP contribution >= 0.6 is 11.8 Å². The fourth-order valence-corrected chi connectivity index (χ4v) is 3.22. The van der Waals surface area contributed by atoms with Gasteiger partial charge >= 0.3 is 0 Å². The highest BCUT2D eigenvalue weighted by Gasteiger charge is 2.14. The molecule has 4 aromatic rings. The maximum absolute atomic E-state index is 5.27. The van der Waals surface area contributed by atoms with Gasteiger partial charge in [0.2, 0.25) is 0 Å². The average molecular weight is 350 g/mol. The molecule has 4 rings (SSSR count). The van der Waals surface area contributed by atoms with Crippen LogP contribution in [0.3, 0.4) is 0 Å². The smallest absolute Gasteiger partial charge is 0.187 e. The van der Waals surface area contributed by atoms with Gasteiger partial charge in [-0.25, -0.2) is 9.97 Å². The van der Waals surface area contributed by atoms with E-state index in [-0.39, 0.29) is 0 Å². The molecule has 0 N–H and O–H groups in total. The van der Waals surface area contributed by atoms with Gasteiger partial charge in [0.25, 0.3) is 0 Å². The van der Waals surface area contributed by atoms with Crippen molar-refractivity contribution < 1.29 is 4.74 Å². The topological polar surface area (TPSA) is 78.6 Å². The largest absolute Gasteiger partial charge is 0.497 e. The Morgan fingerprint density at radius 3 is 2.88 bits per heavy atom. The van der Waals surface area contributed by atoms with Crippen LogP contribution in [0.4, 0.5) is 0 Å². The summed E-state index contributed by atoms with van der Waals surface area (Å²) >= 11 is 1.57. The van der Waals surface area contributed by atoms with Crippen molar-refractivity contribution in [3.63, 3.8) is 0 Å². The highest BCUT2D eigenvalue weighted by Crippen LogP contribution is 2.26. The first-order chi connectivity index (χ1) is 12.3. The van der Waals surface area contributed by atoms with Crippen LogP contribution in [-0.4, -0.2) is 37.1 Å². The first-order valence-corrected chi connectivity index (χ1v) is 8.57. The quantitative estimate of drug-likeness (QED) is 0.404. The van der Waals surface area contributed by atoms with Crippen molar-refractivity contribution in [2.45, 2.75) is 10.8 Å². The van der Waals surface area contributed by atoms with Gasteiger partial charge < -0.3 is 4.74 Å². The van der Waals surface area contributed by atoms with Crippen LogP contribution in [0.2, 0.25) is 0 Å². The van der Waals surface area contributed by atoms with Gasteiger partial charge in [-0.2, -0.15) is 4.68 Å². The predicted octanol–water partition coefficient (Wildman–Crippen LogP) is 2.91. The Bertz CT molecular complexity index is 1000. The summed E-state index contributed by atoms with van der Waals surface area (Å²) in [5.74, 6) is 1.46. The van der Waals surface area contributed by atoms with Crippen molar-refractivity contribution in [2.24, 2.45) is 0 Å². The molecule has 7 nitrogen and oxygen atoms in total. The van der Waals surface area contributed by atoms with Gasteiger partial charge in [0.05, 0.1) is 18.5 Å². The summed E-state index contributed by atoms with van der Waals surface area (Å²) < 4.78 is 6.96. The third-order valence-electron chi connectivity index (χ3n) is 3.58. The molecule has 0 aliphatic carbocycles. The minimum Gasteiger partial charge on any atom is -0.497 e. The number of methoxy groups -OCH3 is 1. The molecular weight excluding hydrogens is 336 g/mol. The fourth-order valence-electron chi connectivity index (χ4n) is 2.38. The zero-order chi connectivity index (χ0) is 17.1. The Hall–Kier alpha value is -3.00. The standard InChI is InChI=1S/C17H14N6OS/c1-24-14-7-4-6-13(9-14)23-16-15(21-22-23)17(20-11-19-16)25-10-12-5-2-3-8-18-12/h2-9,11H,10H2,1H3. The van der Waals surface area contributed by atoms with Crippen molar-refractivity contribution in [1.82, 2.24) is 29.9 Å². The Kier molecular flexibility index (Phi) is 4.26. The molecule has 3 aromatic heterocycles. The van der Waals surface area contributed by atoms with Crippen LogP contribution in [0.1, 0.15) is 5.69 Å². The van der Waals surface area contributed by atoms with Crippen molar-refractivity contribution >= 4 is 22.9 Å². The Labute approximate surface area is 148 Å². The molecule has 0 unspecified atom stereocenters. The molecule has 0 aliphatic heterocycles. The highest BCUT2D eigenvalue weighted by atomic mass is 32.2. The van der Waals surface area contributed by atoms with E-state index in [1.165, 1.54) is 6.33 Å². The van der Waals surface area contributed by atoms with E-state index in [0.29, 0.717) is 16.9 Å². The Balaban J connectivity index is 1.68. The molecule has 0 bridgehead atoms. The van der Waals surface area contributed by atoms with Gasteiger partial charge in [-0.15, -0.1) is 5.10 Å². The number of benzene rings is 1. The highest BCUT2D eigenvalue weighted by molar-refractivity contribution is 7.98. The zero-order valence-corrected chi connectivity index (χ0v) is 14.2. The van der Waals surface area contributed by atoms with Crippen molar-refractivity contribution in [3.8, 4) is 11.4 Å². The van der Waals surface area contributed by atoms with Gasteiger partial charge in [-0.05, 0) is 24.3 Å². The Morgan fingerprint density at radius 1 is 1.08 bits per heavy atom. The molecule has 1 aromatic carbocycles. The Morgan fingerprint density at radius 2 is 2.04 bits per heavy atom. The molecule has 0 saturated carbocycles. The van der Waals surface area contributed by atoms with E-state index in [0.717, 1.165) is 22.2 Å². The molecule has 124 valence electrons. The molecule has 3 heterocycles. The molecule has 25 heavy (non-hydrogen) atoms. The van der Waals surface area contributed by atoms with Gasteiger partial charge in [0, 0.05) is 18.0 Å². The van der Waals surface area contributed by atoms with Crippen LogP contribution in [-0.2, 0) is 5.75 Å². The molecular formula is C17H14N6OS. The van der Waals surface area contributed by atoms with Crippen molar-refractivity contribution in [3.05, 3.63) is 60.7 Å². The first kappa shape index (κ1) is 15.5. The average Bonchev–Trinajstić information content (AvgIpc) is 3.12. The number of rotatable bonds is 5. The third-order valence-corrected chi connectivity index (χ3v) is 4.60. The lowest BCUT2D eigenvalue weighted by Gasteiger charge is -2.05. The number of fused-ring (bicyclic) bond motifs is 1. The minimum atomic E-state index is 0.659. The maximum atomic E-state index is 5.27. The second-order valence-electron chi connectivity index (χ2n) is 5.16. The number of ether oxygens (including phenoxy) is 1. The van der Waals surface area contributed by atoms with E-state index in [1.807, 2.05) is 42.5 Å². The minimum absolute atomic E-state index is 0.659. The zero-order valence-electron chi connectivity index (χ0n) is 13.4. The van der Waals surface area contributed by atoms with E-state index in [2.05, 4.69) is 25.3 Å². The van der Waals surface area contributed by atoms with Crippen LogP contribution in [0.25, 0.3) is 16.9 Å². The second kappa shape index (κ2) is 6.86. The van der Waals surface area contributed by atoms with Gasteiger partial charge in [0.15, 0.2) is 11.2 Å².